The second kappa shape index (κ2) is 14.7. The van der Waals surface area contributed by atoms with Crippen molar-refractivity contribution in [1.29, 1.82) is 0 Å². The Morgan fingerprint density at radius 2 is 1.62 bits per heavy atom. The van der Waals surface area contributed by atoms with E-state index in [9.17, 15) is 14.4 Å². The third-order valence-electron chi connectivity index (χ3n) is 9.60. The van der Waals surface area contributed by atoms with E-state index >= 15 is 0 Å². The van der Waals surface area contributed by atoms with Crippen molar-refractivity contribution in [2.24, 2.45) is 17.6 Å². The fraction of sp³-hybridized carbons (Fsp3) is 0.459. The van der Waals surface area contributed by atoms with Crippen LogP contribution in [0.4, 0.5) is 4.79 Å². The van der Waals surface area contributed by atoms with E-state index in [2.05, 4.69) is 37.1 Å². The maximum atomic E-state index is 13.5. The van der Waals surface area contributed by atoms with Crippen LogP contribution >= 0.6 is 0 Å². The van der Waals surface area contributed by atoms with Crippen LogP contribution in [0.2, 0.25) is 0 Å². The minimum atomic E-state index is -0.692. The van der Waals surface area contributed by atoms with Crippen LogP contribution in [0, 0.1) is 23.7 Å². The molecule has 2 aliphatic heterocycles. The third kappa shape index (κ3) is 7.21. The first-order valence-electron chi connectivity index (χ1n) is 17.3. The summed E-state index contributed by atoms with van der Waals surface area (Å²) >= 11 is 0. The summed E-state index contributed by atoms with van der Waals surface area (Å²) in [5, 5.41) is 2.69. The summed E-state index contributed by atoms with van der Waals surface area (Å²) in [4.78, 5) is 62.8. The van der Waals surface area contributed by atoms with Gasteiger partial charge in [0, 0.05) is 30.4 Å². The second-order valence-electron chi connectivity index (χ2n) is 13.7. The number of likely N-dealkylation sites (tertiary alicyclic amines) is 2. The summed E-state index contributed by atoms with van der Waals surface area (Å²) in [5.41, 5.74) is 10.9. The van der Waals surface area contributed by atoms with Crippen molar-refractivity contribution in [3.63, 3.8) is 0 Å². The van der Waals surface area contributed by atoms with Crippen LogP contribution in [-0.2, 0) is 14.3 Å². The van der Waals surface area contributed by atoms with Crippen LogP contribution < -0.4 is 11.1 Å². The van der Waals surface area contributed by atoms with Gasteiger partial charge in [-0.05, 0) is 73.8 Å². The Morgan fingerprint density at radius 1 is 0.900 bits per heavy atom. The number of amides is 3. The van der Waals surface area contributed by atoms with Crippen LogP contribution in [0.25, 0.3) is 22.3 Å². The van der Waals surface area contributed by atoms with Crippen LogP contribution in [0.5, 0.6) is 0 Å². The molecule has 0 radical (unpaired) electrons. The van der Waals surface area contributed by atoms with Gasteiger partial charge in [-0.25, -0.2) is 19.7 Å². The maximum Gasteiger partial charge on any atom is 0.407 e. The van der Waals surface area contributed by atoms with Crippen molar-refractivity contribution < 1.29 is 19.1 Å². The summed E-state index contributed by atoms with van der Waals surface area (Å²) in [7, 11) is 1.29. The SMILES string of the molecule is COC(=O)N[C@H](C(=O)N1CCC[C@H]1c1nc2ccc(C#Cc3ccc(-c4cnc([C@@H]5CCCN5C(=O)[C@@H](N)C(C)C)[nH]4)cn3)cc2[nH]1)C(C)C. The summed E-state index contributed by atoms with van der Waals surface area (Å²) in [6.45, 7) is 8.98. The predicted octanol–water partition coefficient (Wildman–Crippen LogP) is 4.44. The smallest absolute Gasteiger partial charge is 0.407 e. The van der Waals surface area contributed by atoms with Gasteiger partial charge in [0.1, 0.15) is 23.4 Å². The highest BCUT2D eigenvalue weighted by Crippen LogP contribution is 2.34. The van der Waals surface area contributed by atoms with E-state index in [4.69, 9.17) is 15.5 Å². The lowest BCUT2D eigenvalue weighted by molar-refractivity contribution is -0.136. The van der Waals surface area contributed by atoms with Crippen LogP contribution in [0.1, 0.15) is 88.4 Å². The number of fused-ring (bicyclic) bond motifs is 1. The average molecular weight is 680 g/mol. The Bertz CT molecular complexity index is 1920. The molecule has 6 rings (SSSR count). The lowest BCUT2D eigenvalue weighted by Gasteiger charge is -2.29. The van der Waals surface area contributed by atoms with E-state index in [1.807, 2.05) is 62.9 Å². The molecular weight excluding hydrogens is 634 g/mol. The lowest BCUT2D eigenvalue weighted by Crippen LogP contribution is -2.51. The average Bonchev–Trinajstić information content (AvgIpc) is 3.94. The quantitative estimate of drug-likeness (QED) is 0.198. The van der Waals surface area contributed by atoms with Gasteiger partial charge < -0.3 is 35.6 Å². The minimum absolute atomic E-state index is 0.0317. The van der Waals surface area contributed by atoms with Gasteiger partial charge in [0.2, 0.25) is 11.8 Å². The van der Waals surface area contributed by atoms with E-state index < -0.39 is 18.2 Å². The van der Waals surface area contributed by atoms with E-state index in [0.29, 0.717) is 24.6 Å². The number of aromatic amines is 2. The third-order valence-corrected chi connectivity index (χ3v) is 9.60. The zero-order valence-corrected chi connectivity index (χ0v) is 29.2. The molecular formula is C37H45N9O4. The highest BCUT2D eigenvalue weighted by molar-refractivity contribution is 5.87. The molecule has 5 heterocycles. The number of hydrogen-bond acceptors (Lipinski definition) is 8. The fourth-order valence-electron chi connectivity index (χ4n) is 6.67. The van der Waals surface area contributed by atoms with Gasteiger partial charge >= 0.3 is 6.09 Å². The first-order valence-corrected chi connectivity index (χ1v) is 17.3. The fourth-order valence-corrected chi connectivity index (χ4v) is 6.67. The van der Waals surface area contributed by atoms with Crippen molar-refractivity contribution >= 4 is 28.9 Å². The number of rotatable bonds is 8. The molecule has 4 atom stereocenters. The number of hydrogen-bond donors (Lipinski definition) is 4. The largest absolute Gasteiger partial charge is 0.453 e. The van der Waals surface area contributed by atoms with Crippen molar-refractivity contribution in [2.75, 3.05) is 20.2 Å². The van der Waals surface area contributed by atoms with Crippen LogP contribution in [0.15, 0.2) is 42.7 Å². The van der Waals surface area contributed by atoms with E-state index in [1.54, 1.807) is 17.3 Å². The van der Waals surface area contributed by atoms with E-state index in [-0.39, 0.29) is 35.7 Å². The van der Waals surface area contributed by atoms with Gasteiger partial charge in [-0.15, -0.1) is 0 Å². The standard InChI is InChI=1S/C37H45N9O4/c1-21(2)31(38)35(47)45-16-6-8-29(45)33-40-20-28(43-33)24-12-14-25(39-19-24)13-10-23-11-15-26-27(18-23)42-34(41-26)30-9-7-17-46(30)36(48)32(22(3)4)44-37(49)50-5/h11-12,14-15,18-22,29-32H,6-9,16-17,38H2,1-5H3,(H,40,43)(H,41,42)(H,44,49)/t29-,30-,31-,32-/m0/s1. The molecule has 5 N–H and O–H groups in total. The first-order chi connectivity index (χ1) is 24.0. The van der Waals surface area contributed by atoms with Gasteiger partial charge in [0.05, 0.1) is 48.2 Å². The van der Waals surface area contributed by atoms with Crippen molar-refractivity contribution in [1.82, 2.24) is 40.0 Å². The number of alkyl carbamates (subject to hydrolysis) is 1. The molecule has 0 bridgehead atoms. The van der Waals surface area contributed by atoms with Gasteiger partial charge in [-0.2, -0.15) is 0 Å². The van der Waals surface area contributed by atoms with Crippen molar-refractivity contribution in [3.8, 4) is 23.1 Å². The Labute approximate surface area is 291 Å². The molecule has 3 amide bonds. The second-order valence-corrected chi connectivity index (χ2v) is 13.7. The molecule has 2 saturated heterocycles. The number of methoxy groups -OCH3 is 1. The number of ether oxygens (including phenoxy) is 1. The lowest BCUT2D eigenvalue weighted by atomic mass is 10.0. The number of carbonyl (C=O) groups is 3. The van der Waals surface area contributed by atoms with Crippen molar-refractivity contribution in [3.05, 3.63) is 65.6 Å². The summed E-state index contributed by atoms with van der Waals surface area (Å²) < 4.78 is 4.74. The maximum absolute atomic E-state index is 13.5. The van der Waals surface area contributed by atoms with Gasteiger partial charge in [0.15, 0.2) is 0 Å². The molecule has 0 unspecified atom stereocenters. The topological polar surface area (TPSA) is 175 Å². The highest BCUT2D eigenvalue weighted by atomic mass is 16.5. The molecule has 1 aromatic carbocycles. The number of imidazole rings is 2. The molecule has 13 heteroatoms. The first kappa shape index (κ1) is 34.6. The zero-order chi connectivity index (χ0) is 35.5. The Hall–Kier alpha value is -5.22. The number of nitrogens with one attached hydrogen (secondary N) is 3. The normalized spacial score (nSPS) is 18.7. The number of carbonyl (C=O) groups excluding carboxylic acids is 3. The highest BCUT2D eigenvalue weighted by Gasteiger charge is 2.38. The number of pyridine rings is 1. The molecule has 262 valence electrons. The molecule has 13 nitrogen and oxygen atoms in total. The van der Waals surface area contributed by atoms with Crippen molar-refractivity contribution in [2.45, 2.75) is 77.5 Å². The number of H-pyrrole nitrogens is 2. The molecule has 0 saturated carbocycles. The number of nitrogens with zero attached hydrogens (tertiary/aromatic N) is 5. The predicted molar refractivity (Wildman–Crippen MR) is 188 cm³/mol. The van der Waals surface area contributed by atoms with E-state index in [0.717, 1.165) is 59.4 Å². The Kier molecular flexibility index (Phi) is 10.2. The van der Waals surface area contributed by atoms with Gasteiger partial charge in [-0.1, -0.05) is 33.6 Å². The Balaban J connectivity index is 1.13. The molecule has 50 heavy (non-hydrogen) atoms. The Morgan fingerprint density at radius 3 is 2.28 bits per heavy atom. The summed E-state index contributed by atoms with van der Waals surface area (Å²) in [5.74, 6) is 7.59. The molecule has 3 aromatic heterocycles. The molecule has 0 spiro atoms. The number of benzene rings is 1. The summed E-state index contributed by atoms with van der Waals surface area (Å²) in [6, 6.07) is 8.04. The molecule has 0 aliphatic carbocycles. The minimum Gasteiger partial charge on any atom is -0.453 e. The zero-order valence-electron chi connectivity index (χ0n) is 29.2. The number of aromatic nitrogens is 5. The van der Waals surface area contributed by atoms with E-state index in [1.165, 1.54) is 7.11 Å². The van der Waals surface area contributed by atoms with Gasteiger partial charge in [-0.3, -0.25) is 9.59 Å². The van der Waals surface area contributed by atoms with Crippen LogP contribution in [-0.4, -0.2) is 84.9 Å². The number of nitrogens with two attached hydrogens (primary N) is 1. The van der Waals surface area contributed by atoms with Gasteiger partial charge in [0.25, 0.3) is 0 Å². The molecule has 4 aromatic rings. The molecule has 2 fully saturated rings. The summed E-state index contributed by atoms with van der Waals surface area (Å²) in [6.07, 6.45) is 6.28. The monoisotopic (exact) mass is 679 g/mol. The molecule has 2 aliphatic rings. The van der Waals surface area contributed by atoms with Crippen LogP contribution in [0.3, 0.4) is 0 Å².